The summed E-state index contributed by atoms with van der Waals surface area (Å²) in [6.45, 7) is 2.15. The predicted octanol–water partition coefficient (Wildman–Crippen LogP) is 7.81. The summed E-state index contributed by atoms with van der Waals surface area (Å²) < 4.78 is 68.2. The van der Waals surface area contributed by atoms with Gasteiger partial charge in [-0.1, -0.05) is 25.5 Å². The lowest BCUT2D eigenvalue weighted by Gasteiger charge is -2.29. The number of ether oxygens (including phenoxy) is 2. The molecule has 0 saturated heterocycles. The van der Waals surface area contributed by atoms with Crippen LogP contribution in [-0.4, -0.2) is 13.1 Å². The molecule has 0 unspecified atom stereocenters. The Morgan fingerprint density at radius 3 is 1.74 bits per heavy atom. The van der Waals surface area contributed by atoms with E-state index in [2.05, 4.69) is 6.92 Å². The molecule has 190 valence electrons. The zero-order valence-corrected chi connectivity index (χ0v) is 20.2. The lowest BCUT2D eigenvalue weighted by atomic mass is 9.77. The Hall–Kier alpha value is -2.57. The topological polar surface area (TPSA) is 35.5 Å². The number of halogens is 4. The number of benzene rings is 2. The highest BCUT2D eigenvalue weighted by Gasteiger charge is 2.32. The Morgan fingerprint density at radius 1 is 0.743 bits per heavy atom. The van der Waals surface area contributed by atoms with Gasteiger partial charge in [0.1, 0.15) is 0 Å². The second kappa shape index (κ2) is 11.0. The minimum absolute atomic E-state index is 0.0180. The maximum absolute atomic E-state index is 14.8. The van der Waals surface area contributed by atoms with Gasteiger partial charge in [-0.25, -0.2) is 8.78 Å². The van der Waals surface area contributed by atoms with Gasteiger partial charge in [0, 0.05) is 0 Å². The number of methoxy groups -OCH3 is 1. The molecule has 0 radical (unpaired) electrons. The van der Waals surface area contributed by atoms with Crippen molar-refractivity contribution in [3.8, 4) is 11.5 Å². The quantitative estimate of drug-likeness (QED) is 0.234. The first-order chi connectivity index (χ1) is 16.8. The molecule has 2 fully saturated rings. The maximum atomic E-state index is 14.8. The van der Waals surface area contributed by atoms with Crippen molar-refractivity contribution in [3.05, 3.63) is 58.7 Å². The molecule has 0 aliphatic heterocycles. The van der Waals surface area contributed by atoms with E-state index in [1.165, 1.54) is 31.4 Å². The number of carbonyl (C=O) groups is 1. The van der Waals surface area contributed by atoms with Crippen molar-refractivity contribution in [1.82, 2.24) is 0 Å². The molecule has 0 atom stereocenters. The highest BCUT2D eigenvalue weighted by atomic mass is 19.2. The van der Waals surface area contributed by atoms with Gasteiger partial charge in [-0.15, -0.1) is 0 Å². The zero-order valence-electron chi connectivity index (χ0n) is 20.2. The third-order valence-electron chi connectivity index (χ3n) is 7.95. The summed E-state index contributed by atoms with van der Waals surface area (Å²) in [4.78, 5) is 12.7. The first-order valence-corrected chi connectivity index (χ1v) is 12.5. The fourth-order valence-electron chi connectivity index (χ4n) is 5.67. The Balaban J connectivity index is 1.37. The molecule has 2 aliphatic carbocycles. The van der Waals surface area contributed by atoms with Gasteiger partial charge in [-0.2, -0.15) is 8.78 Å². The van der Waals surface area contributed by atoms with Gasteiger partial charge >= 0.3 is 5.97 Å². The van der Waals surface area contributed by atoms with Crippen LogP contribution < -0.4 is 9.47 Å². The normalized spacial score (nSPS) is 24.7. The molecule has 0 aromatic heterocycles. The number of hydrogen-bond acceptors (Lipinski definition) is 3. The van der Waals surface area contributed by atoms with Crippen LogP contribution in [0.1, 0.15) is 87.7 Å². The van der Waals surface area contributed by atoms with Crippen molar-refractivity contribution in [3.63, 3.8) is 0 Å². The monoisotopic (exact) mass is 492 g/mol. The third kappa shape index (κ3) is 5.34. The Bertz CT molecular complexity index is 1050. The fraction of sp³-hybridized carbons (Fsp3) is 0.536. The first kappa shape index (κ1) is 25.5. The van der Waals surface area contributed by atoms with E-state index in [0.717, 1.165) is 32.1 Å². The summed E-state index contributed by atoms with van der Waals surface area (Å²) in [5, 5.41) is 0. The molecule has 0 heterocycles. The van der Waals surface area contributed by atoms with E-state index in [4.69, 9.17) is 9.47 Å². The molecular formula is C28H32F4O3. The molecular weight excluding hydrogens is 460 g/mol. The minimum atomic E-state index is -1.13. The van der Waals surface area contributed by atoms with Gasteiger partial charge in [0.05, 0.1) is 13.0 Å². The molecule has 7 heteroatoms. The minimum Gasteiger partial charge on any atom is -0.494 e. The van der Waals surface area contributed by atoms with E-state index in [1.807, 2.05) is 0 Å². The number of carbonyl (C=O) groups excluding carboxylic acids is 1. The molecule has 0 spiro atoms. The maximum Gasteiger partial charge on any atom is 0.314 e. The van der Waals surface area contributed by atoms with Crippen molar-refractivity contribution >= 4 is 5.97 Å². The number of esters is 1. The molecule has 2 aliphatic rings. The number of rotatable bonds is 6. The molecule has 2 aromatic carbocycles. The summed E-state index contributed by atoms with van der Waals surface area (Å²) in [6.07, 6.45) is 6.47. The second-order valence-corrected chi connectivity index (χ2v) is 9.86. The Morgan fingerprint density at radius 2 is 1.23 bits per heavy atom. The van der Waals surface area contributed by atoms with Crippen LogP contribution in [0.15, 0.2) is 24.3 Å². The lowest BCUT2D eigenvalue weighted by molar-refractivity contribution is -0.140. The highest BCUT2D eigenvalue weighted by Crippen LogP contribution is 2.41. The van der Waals surface area contributed by atoms with Gasteiger partial charge in [-0.3, -0.25) is 4.79 Å². The van der Waals surface area contributed by atoms with Crippen molar-refractivity contribution < 1.29 is 31.8 Å². The van der Waals surface area contributed by atoms with Gasteiger partial charge in [-0.05, 0) is 92.4 Å². The van der Waals surface area contributed by atoms with Gasteiger partial charge in [0.25, 0.3) is 0 Å². The molecule has 3 nitrogen and oxygen atoms in total. The van der Waals surface area contributed by atoms with Gasteiger partial charge in [0.2, 0.25) is 11.6 Å². The summed E-state index contributed by atoms with van der Waals surface area (Å²) in [5.41, 5.74) is 0.609. The average Bonchev–Trinajstić information content (AvgIpc) is 2.88. The zero-order chi connectivity index (χ0) is 25.1. The molecule has 35 heavy (non-hydrogen) atoms. The van der Waals surface area contributed by atoms with E-state index in [-0.39, 0.29) is 23.1 Å². The number of hydrogen-bond donors (Lipinski definition) is 0. The SMILES string of the molecule is CCC1CCC(c2ccc(OC(=O)C3CCC(c4ccc(OC)c(F)c4F)CC3)c(F)c2F)CC1. The van der Waals surface area contributed by atoms with E-state index in [0.29, 0.717) is 37.2 Å². The van der Waals surface area contributed by atoms with Crippen LogP contribution in [0.3, 0.4) is 0 Å². The summed E-state index contributed by atoms with van der Waals surface area (Å²) >= 11 is 0. The summed E-state index contributed by atoms with van der Waals surface area (Å²) in [7, 11) is 1.27. The predicted molar refractivity (Wildman–Crippen MR) is 125 cm³/mol. The van der Waals surface area contributed by atoms with Crippen LogP contribution in [0.4, 0.5) is 17.6 Å². The smallest absolute Gasteiger partial charge is 0.314 e. The van der Waals surface area contributed by atoms with Gasteiger partial charge < -0.3 is 9.47 Å². The van der Waals surface area contributed by atoms with Crippen molar-refractivity contribution in [2.45, 2.75) is 76.5 Å². The summed E-state index contributed by atoms with van der Waals surface area (Å²) in [5.74, 6) is -5.32. The average molecular weight is 493 g/mol. The molecule has 0 N–H and O–H groups in total. The highest BCUT2D eigenvalue weighted by molar-refractivity contribution is 5.75. The van der Waals surface area contributed by atoms with Crippen molar-refractivity contribution in [2.75, 3.05) is 7.11 Å². The summed E-state index contributed by atoms with van der Waals surface area (Å²) in [6, 6.07) is 5.79. The van der Waals surface area contributed by atoms with Crippen LogP contribution in [0.25, 0.3) is 0 Å². The largest absolute Gasteiger partial charge is 0.494 e. The fourth-order valence-corrected chi connectivity index (χ4v) is 5.67. The third-order valence-corrected chi connectivity index (χ3v) is 7.95. The van der Waals surface area contributed by atoms with Crippen LogP contribution in [-0.2, 0) is 4.79 Å². The Labute approximate surface area is 203 Å². The van der Waals surface area contributed by atoms with Crippen LogP contribution in [0.2, 0.25) is 0 Å². The van der Waals surface area contributed by atoms with E-state index in [1.54, 1.807) is 0 Å². The molecule has 2 saturated carbocycles. The molecule has 2 aromatic rings. The standard InChI is InChI=1S/C28H32F4O3/c1-3-16-4-6-17(7-5-16)21-13-15-23(27(32)25(21)30)35-28(33)19-10-8-18(9-11-19)20-12-14-22(34-2)26(31)24(20)29/h12-19H,3-11H2,1-2H3. The van der Waals surface area contributed by atoms with Crippen LogP contribution >= 0.6 is 0 Å². The van der Waals surface area contributed by atoms with Crippen LogP contribution in [0.5, 0.6) is 11.5 Å². The molecule has 0 amide bonds. The van der Waals surface area contributed by atoms with E-state index < -0.39 is 40.9 Å². The Kier molecular flexibility index (Phi) is 8.02. The van der Waals surface area contributed by atoms with E-state index >= 15 is 0 Å². The van der Waals surface area contributed by atoms with E-state index in [9.17, 15) is 22.4 Å². The van der Waals surface area contributed by atoms with Crippen molar-refractivity contribution in [2.24, 2.45) is 11.8 Å². The van der Waals surface area contributed by atoms with Crippen LogP contribution in [0, 0.1) is 35.1 Å². The van der Waals surface area contributed by atoms with Gasteiger partial charge in [0.15, 0.2) is 23.1 Å². The van der Waals surface area contributed by atoms with Crippen molar-refractivity contribution in [1.29, 1.82) is 0 Å². The lowest BCUT2D eigenvalue weighted by Crippen LogP contribution is -2.26. The second-order valence-electron chi connectivity index (χ2n) is 9.86. The molecule has 4 rings (SSSR count). The first-order valence-electron chi connectivity index (χ1n) is 12.5. The molecule has 0 bridgehead atoms.